The number of hydrogen-bond donors (Lipinski definition) is 1. The molecule has 2 aliphatic rings. The highest BCUT2D eigenvalue weighted by Crippen LogP contribution is 2.29. The fourth-order valence-corrected chi connectivity index (χ4v) is 6.85. The predicted octanol–water partition coefficient (Wildman–Crippen LogP) is 3.64. The fourth-order valence-electron chi connectivity index (χ4n) is 4.08. The van der Waals surface area contributed by atoms with Crippen LogP contribution in [0.4, 0.5) is 5.13 Å². The molecule has 0 saturated carbocycles. The van der Waals surface area contributed by atoms with Gasteiger partial charge in [0, 0.05) is 23.5 Å². The molecule has 0 radical (unpaired) electrons. The van der Waals surface area contributed by atoms with Crippen molar-refractivity contribution in [2.24, 2.45) is 0 Å². The largest absolute Gasteiger partial charge is 0.379 e. The molecule has 2 aromatic rings. The Kier molecular flexibility index (Phi) is 7.05. The minimum absolute atomic E-state index is 0.205. The van der Waals surface area contributed by atoms with E-state index in [4.69, 9.17) is 4.74 Å². The summed E-state index contributed by atoms with van der Waals surface area (Å²) in [7, 11) is -3.68. The van der Waals surface area contributed by atoms with Gasteiger partial charge in [-0.15, -0.1) is 11.3 Å². The zero-order chi connectivity index (χ0) is 21.8. The maximum atomic E-state index is 13.2. The molecule has 1 saturated heterocycles. The lowest BCUT2D eigenvalue weighted by atomic mass is 10.0. The van der Waals surface area contributed by atoms with Gasteiger partial charge in [-0.3, -0.25) is 10.1 Å². The summed E-state index contributed by atoms with van der Waals surface area (Å²) < 4.78 is 33.2. The number of aryl methyl sites for hydroxylation is 3. The second-order valence-electron chi connectivity index (χ2n) is 7.95. The van der Waals surface area contributed by atoms with Gasteiger partial charge in [0.1, 0.15) is 0 Å². The number of fused-ring (bicyclic) bond motifs is 1. The molecule has 1 aromatic heterocycles. The Morgan fingerprint density at radius 1 is 1.16 bits per heavy atom. The van der Waals surface area contributed by atoms with Crippen molar-refractivity contribution in [3.63, 3.8) is 0 Å². The van der Waals surface area contributed by atoms with Gasteiger partial charge in [-0.05, 0) is 49.8 Å². The summed E-state index contributed by atoms with van der Waals surface area (Å²) >= 11 is 1.54. The number of hydrogen-bond acceptors (Lipinski definition) is 6. The lowest BCUT2D eigenvalue weighted by Crippen LogP contribution is -2.41. The molecule has 0 spiro atoms. The number of nitrogens with zero attached hydrogens (tertiary/aromatic N) is 2. The molecule has 168 valence electrons. The highest BCUT2D eigenvalue weighted by atomic mass is 32.2. The van der Waals surface area contributed by atoms with Gasteiger partial charge in [-0.2, -0.15) is 4.31 Å². The van der Waals surface area contributed by atoms with Crippen molar-refractivity contribution in [3.8, 4) is 0 Å². The molecule has 1 aliphatic carbocycles. The van der Waals surface area contributed by atoms with Crippen molar-refractivity contribution in [3.05, 3.63) is 39.9 Å². The van der Waals surface area contributed by atoms with Crippen LogP contribution >= 0.6 is 11.3 Å². The Labute approximate surface area is 187 Å². The Morgan fingerprint density at radius 3 is 2.65 bits per heavy atom. The van der Waals surface area contributed by atoms with Crippen LogP contribution in [-0.2, 0) is 34.0 Å². The average molecular weight is 464 g/mol. The van der Waals surface area contributed by atoms with Crippen LogP contribution in [0.1, 0.15) is 59.1 Å². The smallest absolute Gasteiger partial charge is 0.257 e. The summed E-state index contributed by atoms with van der Waals surface area (Å²) in [5.41, 5.74) is 2.13. The number of amides is 1. The number of anilines is 1. The highest BCUT2D eigenvalue weighted by molar-refractivity contribution is 7.89. The van der Waals surface area contributed by atoms with Gasteiger partial charge in [0.15, 0.2) is 5.13 Å². The van der Waals surface area contributed by atoms with Crippen LogP contribution in [0, 0.1) is 0 Å². The SMILES string of the molecule is CCc1ccc(C(=O)Nc2nc3c(s2)CCCCCC3)cc1S(=O)(=O)N1CCOCC1. The number of sulfonamides is 1. The number of carbonyl (C=O) groups excluding carboxylic acids is 1. The number of ether oxygens (including phenoxy) is 1. The molecule has 1 fully saturated rings. The van der Waals surface area contributed by atoms with Gasteiger partial charge in [0.2, 0.25) is 10.0 Å². The van der Waals surface area contributed by atoms with E-state index in [-0.39, 0.29) is 10.8 Å². The topological polar surface area (TPSA) is 88.6 Å². The minimum atomic E-state index is -3.68. The third-order valence-electron chi connectivity index (χ3n) is 5.86. The molecular weight excluding hydrogens is 434 g/mol. The molecule has 4 rings (SSSR count). The Hall–Kier alpha value is -1.81. The van der Waals surface area contributed by atoms with E-state index in [1.54, 1.807) is 12.1 Å². The zero-order valence-corrected chi connectivity index (χ0v) is 19.5. The molecule has 1 amide bonds. The van der Waals surface area contributed by atoms with E-state index in [0.29, 0.717) is 49.0 Å². The zero-order valence-electron chi connectivity index (χ0n) is 17.9. The molecule has 9 heteroatoms. The lowest BCUT2D eigenvalue weighted by Gasteiger charge is -2.27. The predicted molar refractivity (Wildman–Crippen MR) is 121 cm³/mol. The van der Waals surface area contributed by atoms with E-state index >= 15 is 0 Å². The van der Waals surface area contributed by atoms with Crippen molar-refractivity contribution in [1.29, 1.82) is 0 Å². The highest BCUT2D eigenvalue weighted by Gasteiger charge is 2.29. The van der Waals surface area contributed by atoms with Gasteiger partial charge in [0.05, 0.1) is 23.8 Å². The van der Waals surface area contributed by atoms with Crippen LogP contribution in [-0.4, -0.2) is 49.9 Å². The summed E-state index contributed by atoms with van der Waals surface area (Å²) in [6, 6.07) is 4.93. The number of carbonyl (C=O) groups is 1. The van der Waals surface area contributed by atoms with E-state index in [9.17, 15) is 13.2 Å². The average Bonchev–Trinajstić information content (AvgIpc) is 3.14. The third-order valence-corrected chi connectivity index (χ3v) is 8.92. The van der Waals surface area contributed by atoms with Crippen molar-refractivity contribution in [1.82, 2.24) is 9.29 Å². The number of benzene rings is 1. The van der Waals surface area contributed by atoms with E-state index in [0.717, 1.165) is 31.4 Å². The number of morpholine rings is 1. The lowest BCUT2D eigenvalue weighted by molar-refractivity contribution is 0.0730. The van der Waals surface area contributed by atoms with Crippen LogP contribution in [0.5, 0.6) is 0 Å². The summed E-state index contributed by atoms with van der Waals surface area (Å²) in [6.07, 6.45) is 7.28. The molecule has 1 N–H and O–H groups in total. The van der Waals surface area contributed by atoms with Crippen LogP contribution in [0.25, 0.3) is 0 Å². The second-order valence-corrected chi connectivity index (χ2v) is 10.9. The molecule has 1 aromatic carbocycles. The van der Waals surface area contributed by atoms with Crippen LogP contribution in [0.2, 0.25) is 0 Å². The summed E-state index contributed by atoms with van der Waals surface area (Å²) in [6.45, 7) is 3.34. The number of aromatic nitrogens is 1. The Balaban J connectivity index is 1.57. The molecular formula is C22H29N3O4S2. The van der Waals surface area contributed by atoms with Gasteiger partial charge < -0.3 is 4.74 Å². The van der Waals surface area contributed by atoms with Gasteiger partial charge in [0.25, 0.3) is 5.91 Å². The molecule has 1 aliphatic heterocycles. The first kappa shape index (κ1) is 22.4. The fraction of sp³-hybridized carbons (Fsp3) is 0.545. The van der Waals surface area contributed by atoms with E-state index in [1.165, 1.54) is 39.4 Å². The number of nitrogens with one attached hydrogen (secondary N) is 1. The molecule has 0 atom stereocenters. The molecule has 31 heavy (non-hydrogen) atoms. The maximum absolute atomic E-state index is 13.2. The summed E-state index contributed by atoms with van der Waals surface area (Å²) in [5, 5.41) is 3.48. The first-order valence-electron chi connectivity index (χ1n) is 11.0. The minimum Gasteiger partial charge on any atom is -0.379 e. The Bertz CT molecular complexity index is 1020. The normalized spacial score (nSPS) is 18.1. The first-order chi connectivity index (χ1) is 15.0. The monoisotopic (exact) mass is 463 g/mol. The molecule has 0 unspecified atom stereocenters. The van der Waals surface area contributed by atoms with Crippen LogP contribution < -0.4 is 5.32 Å². The van der Waals surface area contributed by atoms with Gasteiger partial charge in [-0.25, -0.2) is 13.4 Å². The third kappa shape index (κ3) is 5.00. The van der Waals surface area contributed by atoms with Crippen molar-refractivity contribution in [2.75, 3.05) is 31.6 Å². The van der Waals surface area contributed by atoms with Crippen molar-refractivity contribution >= 4 is 32.4 Å². The maximum Gasteiger partial charge on any atom is 0.257 e. The van der Waals surface area contributed by atoms with Crippen molar-refractivity contribution in [2.45, 2.75) is 56.8 Å². The van der Waals surface area contributed by atoms with Crippen LogP contribution in [0.15, 0.2) is 23.1 Å². The molecule has 2 heterocycles. The second kappa shape index (κ2) is 9.77. The van der Waals surface area contributed by atoms with Gasteiger partial charge >= 0.3 is 0 Å². The number of rotatable bonds is 5. The molecule has 7 nitrogen and oxygen atoms in total. The number of thiazole rings is 1. The van der Waals surface area contributed by atoms with E-state index in [2.05, 4.69) is 10.3 Å². The van der Waals surface area contributed by atoms with Crippen LogP contribution in [0.3, 0.4) is 0 Å². The summed E-state index contributed by atoms with van der Waals surface area (Å²) in [5.74, 6) is -0.331. The van der Waals surface area contributed by atoms with Crippen molar-refractivity contribution < 1.29 is 17.9 Å². The summed E-state index contributed by atoms with van der Waals surface area (Å²) in [4.78, 5) is 19.0. The van der Waals surface area contributed by atoms with E-state index in [1.807, 2.05) is 6.92 Å². The Morgan fingerprint density at radius 2 is 1.90 bits per heavy atom. The van der Waals surface area contributed by atoms with E-state index < -0.39 is 10.0 Å². The quantitative estimate of drug-likeness (QED) is 0.731. The van der Waals surface area contributed by atoms with Gasteiger partial charge in [-0.1, -0.05) is 25.8 Å². The first-order valence-corrected chi connectivity index (χ1v) is 13.3. The molecule has 0 bridgehead atoms. The standard InChI is InChI=1S/C22H29N3O4S2/c1-2-16-9-10-17(15-20(16)31(27,28)25-11-13-29-14-12-25)21(26)24-22-23-18-7-5-3-4-6-8-19(18)30-22/h9-10,15H,2-8,11-14H2,1H3,(H,23,24,26).